The molecule has 0 heterocycles. The summed E-state index contributed by atoms with van der Waals surface area (Å²) in [5.74, 6) is 0. The number of hydrogen-bond donors (Lipinski definition) is 0. The normalized spacial score (nSPS) is 15.2. The molecule has 0 spiro atoms. The molecule has 2 heteroatoms. The average Bonchev–Trinajstić information content (AvgIpc) is 2.89. The van der Waals surface area contributed by atoms with E-state index in [1.807, 2.05) is 6.07 Å². The predicted molar refractivity (Wildman–Crippen MR) is 87.1 cm³/mol. The first kappa shape index (κ1) is 14.0. The Kier molecular flexibility index (Phi) is 3.79. The third-order valence-electron chi connectivity index (χ3n) is 4.30. The van der Waals surface area contributed by atoms with Crippen LogP contribution in [0.3, 0.4) is 0 Å². The second kappa shape index (κ2) is 5.42. The lowest BCUT2D eigenvalue weighted by molar-refractivity contribution is 0.911. The van der Waals surface area contributed by atoms with Crippen LogP contribution in [0.25, 0.3) is 0 Å². The molecule has 0 aliphatic heterocycles. The molecule has 104 valence electrons. The van der Waals surface area contributed by atoms with E-state index in [1.54, 1.807) is 0 Å². The van der Waals surface area contributed by atoms with Gasteiger partial charge in [-0.05, 0) is 72.6 Å². The topological polar surface area (TPSA) is 0 Å². The molecule has 0 N–H and O–H groups in total. The Hall–Kier alpha value is -0.980. The number of aryl methyl sites for hydroxylation is 4. The van der Waals surface area contributed by atoms with Crippen molar-refractivity contribution in [2.45, 2.75) is 38.5 Å². The minimum absolute atomic E-state index is 0.173. The van der Waals surface area contributed by atoms with Crippen LogP contribution in [0, 0.1) is 13.8 Å². The lowest BCUT2D eigenvalue weighted by atomic mass is 9.97. The number of alkyl halides is 1. The maximum atomic E-state index is 6.68. The first-order chi connectivity index (χ1) is 9.56. The molecule has 20 heavy (non-hydrogen) atoms. The van der Waals surface area contributed by atoms with Gasteiger partial charge in [-0.2, -0.15) is 0 Å². The molecule has 1 atom stereocenters. The monoisotopic (exact) mass is 304 g/mol. The predicted octanol–water partition coefficient (Wildman–Crippen LogP) is 5.77. The maximum absolute atomic E-state index is 6.68. The summed E-state index contributed by atoms with van der Waals surface area (Å²) in [5.41, 5.74) is 7.52. The van der Waals surface area contributed by atoms with Crippen molar-refractivity contribution >= 4 is 23.2 Å². The van der Waals surface area contributed by atoms with E-state index in [0.29, 0.717) is 0 Å². The molecule has 0 aromatic heterocycles. The van der Waals surface area contributed by atoms with E-state index >= 15 is 0 Å². The highest BCUT2D eigenvalue weighted by molar-refractivity contribution is 6.33. The van der Waals surface area contributed by atoms with Crippen LogP contribution in [0.5, 0.6) is 0 Å². The van der Waals surface area contributed by atoms with Crippen molar-refractivity contribution in [1.29, 1.82) is 0 Å². The van der Waals surface area contributed by atoms with Crippen LogP contribution in [0.1, 0.15) is 45.2 Å². The summed E-state index contributed by atoms with van der Waals surface area (Å²) >= 11 is 13.1. The molecule has 1 aliphatic carbocycles. The van der Waals surface area contributed by atoms with E-state index in [0.717, 1.165) is 16.1 Å². The number of fused-ring (bicyclic) bond motifs is 1. The molecule has 0 bridgehead atoms. The maximum Gasteiger partial charge on any atom is 0.0850 e. The van der Waals surface area contributed by atoms with Gasteiger partial charge in [-0.15, -0.1) is 11.6 Å². The number of hydrogen-bond acceptors (Lipinski definition) is 0. The van der Waals surface area contributed by atoms with Crippen LogP contribution < -0.4 is 0 Å². The fourth-order valence-electron chi connectivity index (χ4n) is 2.93. The Bertz CT molecular complexity index is 659. The molecule has 0 nitrogen and oxygen atoms in total. The molecule has 1 aliphatic rings. The molecular weight excluding hydrogens is 287 g/mol. The van der Waals surface area contributed by atoms with Crippen LogP contribution in [0.4, 0.5) is 0 Å². The highest BCUT2D eigenvalue weighted by Gasteiger charge is 2.18. The minimum Gasteiger partial charge on any atom is -0.113 e. The zero-order valence-electron chi connectivity index (χ0n) is 11.8. The fraction of sp³-hybridized carbons (Fsp3) is 0.333. The van der Waals surface area contributed by atoms with Gasteiger partial charge in [-0.1, -0.05) is 35.9 Å². The third kappa shape index (κ3) is 2.47. The average molecular weight is 305 g/mol. The first-order valence-corrected chi connectivity index (χ1v) is 7.90. The van der Waals surface area contributed by atoms with Gasteiger partial charge in [0.25, 0.3) is 0 Å². The smallest absolute Gasteiger partial charge is 0.0850 e. The van der Waals surface area contributed by atoms with Crippen molar-refractivity contribution in [1.82, 2.24) is 0 Å². The van der Waals surface area contributed by atoms with Gasteiger partial charge in [0, 0.05) is 5.02 Å². The molecule has 0 fully saturated rings. The van der Waals surface area contributed by atoms with Crippen molar-refractivity contribution in [2.24, 2.45) is 0 Å². The summed E-state index contributed by atoms with van der Waals surface area (Å²) < 4.78 is 0. The Balaban J connectivity index is 2.00. The zero-order valence-corrected chi connectivity index (χ0v) is 13.4. The van der Waals surface area contributed by atoms with Crippen molar-refractivity contribution < 1.29 is 0 Å². The van der Waals surface area contributed by atoms with Crippen LogP contribution in [0.15, 0.2) is 30.3 Å². The molecule has 2 aromatic carbocycles. The quantitative estimate of drug-likeness (QED) is 0.617. The largest absolute Gasteiger partial charge is 0.113 e. The summed E-state index contributed by atoms with van der Waals surface area (Å²) in [5, 5.41) is 0.585. The van der Waals surface area contributed by atoms with Crippen molar-refractivity contribution in [3.8, 4) is 0 Å². The molecule has 0 saturated carbocycles. The summed E-state index contributed by atoms with van der Waals surface area (Å²) in [7, 11) is 0. The van der Waals surface area contributed by atoms with Gasteiger partial charge >= 0.3 is 0 Å². The van der Waals surface area contributed by atoms with E-state index in [9.17, 15) is 0 Å². The van der Waals surface area contributed by atoms with Crippen molar-refractivity contribution in [3.05, 3.63) is 68.7 Å². The Morgan fingerprint density at radius 2 is 1.65 bits per heavy atom. The highest BCUT2D eigenvalue weighted by Crippen LogP contribution is 2.36. The zero-order chi connectivity index (χ0) is 14.3. The summed E-state index contributed by atoms with van der Waals surface area (Å²) in [6.45, 7) is 4.17. The molecular formula is C18H18Cl2. The van der Waals surface area contributed by atoms with Gasteiger partial charge in [0.1, 0.15) is 0 Å². The first-order valence-electron chi connectivity index (χ1n) is 7.08. The summed E-state index contributed by atoms with van der Waals surface area (Å²) in [4.78, 5) is 0. The fourth-order valence-corrected chi connectivity index (χ4v) is 3.63. The Morgan fingerprint density at radius 1 is 0.950 bits per heavy atom. The van der Waals surface area contributed by atoms with Crippen molar-refractivity contribution in [2.75, 3.05) is 0 Å². The van der Waals surface area contributed by atoms with Crippen LogP contribution >= 0.6 is 23.2 Å². The molecule has 0 saturated heterocycles. The van der Waals surface area contributed by atoms with E-state index in [2.05, 4.69) is 38.1 Å². The molecule has 0 radical (unpaired) electrons. The minimum atomic E-state index is -0.173. The van der Waals surface area contributed by atoms with Gasteiger partial charge in [-0.25, -0.2) is 0 Å². The van der Waals surface area contributed by atoms with Gasteiger partial charge < -0.3 is 0 Å². The van der Waals surface area contributed by atoms with E-state index in [-0.39, 0.29) is 5.38 Å². The summed E-state index contributed by atoms with van der Waals surface area (Å²) in [6.07, 6.45) is 3.64. The van der Waals surface area contributed by atoms with E-state index in [4.69, 9.17) is 23.2 Å². The van der Waals surface area contributed by atoms with Gasteiger partial charge in [0.05, 0.1) is 5.38 Å². The second-order valence-electron chi connectivity index (χ2n) is 5.70. The van der Waals surface area contributed by atoms with Crippen LogP contribution in [0.2, 0.25) is 5.02 Å². The Morgan fingerprint density at radius 3 is 2.45 bits per heavy atom. The van der Waals surface area contributed by atoms with Gasteiger partial charge in [-0.3, -0.25) is 0 Å². The van der Waals surface area contributed by atoms with Gasteiger partial charge in [0.2, 0.25) is 0 Å². The molecule has 1 unspecified atom stereocenters. The lowest BCUT2D eigenvalue weighted by Gasteiger charge is -2.15. The molecule has 0 amide bonds. The van der Waals surface area contributed by atoms with Gasteiger partial charge in [0.15, 0.2) is 0 Å². The lowest BCUT2D eigenvalue weighted by Crippen LogP contribution is -1.98. The van der Waals surface area contributed by atoms with Crippen LogP contribution in [-0.2, 0) is 12.8 Å². The summed E-state index contributed by atoms with van der Waals surface area (Å²) in [6, 6.07) is 10.7. The Labute approximate surface area is 130 Å². The number of rotatable bonds is 2. The van der Waals surface area contributed by atoms with Crippen LogP contribution in [-0.4, -0.2) is 0 Å². The van der Waals surface area contributed by atoms with Crippen molar-refractivity contribution in [3.63, 3.8) is 0 Å². The standard InChI is InChI=1S/C18H18Cl2/c1-11-8-16(17(19)9-12(11)2)18(20)15-7-6-13-4-3-5-14(13)10-15/h6-10,18H,3-5H2,1-2H3. The SMILES string of the molecule is Cc1cc(Cl)c(C(Cl)c2ccc3c(c2)CCC3)cc1C. The molecule has 2 aromatic rings. The van der Waals surface area contributed by atoms with E-state index in [1.165, 1.54) is 41.5 Å². The number of benzene rings is 2. The highest BCUT2D eigenvalue weighted by atomic mass is 35.5. The number of halogens is 2. The molecule has 3 rings (SSSR count). The third-order valence-corrected chi connectivity index (χ3v) is 5.12. The van der Waals surface area contributed by atoms with E-state index < -0.39 is 0 Å². The second-order valence-corrected chi connectivity index (χ2v) is 6.55.